The van der Waals surface area contributed by atoms with Crippen molar-refractivity contribution in [3.8, 4) is 0 Å². The van der Waals surface area contributed by atoms with E-state index in [1.807, 2.05) is 13.0 Å². The lowest BCUT2D eigenvalue weighted by molar-refractivity contribution is -0.129. The van der Waals surface area contributed by atoms with E-state index in [0.29, 0.717) is 5.56 Å². The summed E-state index contributed by atoms with van der Waals surface area (Å²) in [5.74, 6) is -1.11. The number of halogens is 1. The fourth-order valence-corrected chi connectivity index (χ4v) is 1.66. The maximum Gasteiger partial charge on any atom is 0.358 e. The molecule has 1 N–H and O–H groups in total. The molecular formula is C10H10BrNO3. The van der Waals surface area contributed by atoms with Gasteiger partial charge in [-0.25, -0.2) is 4.79 Å². The second kappa shape index (κ2) is 4.93. The minimum absolute atomic E-state index is 0.0949. The van der Waals surface area contributed by atoms with E-state index in [9.17, 15) is 4.79 Å². The summed E-state index contributed by atoms with van der Waals surface area (Å²) in [6.45, 7) is 1.81. The standard InChI is InChI=1S/C10H10BrNO3/c1-6-5-7(11)3-4-8(6)9(10(13)14)12-15-2/h3-5H,1-2H3,(H,13,14). The van der Waals surface area contributed by atoms with Gasteiger partial charge in [0, 0.05) is 10.0 Å². The summed E-state index contributed by atoms with van der Waals surface area (Å²) in [5.41, 5.74) is 1.28. The molecule has 0 aliphatic rings. The normalized spacial score (nSPS) is 11.3. The number of aliphatic carboxylic acids is 1. The quantitative estimate of drug-likeness (QED) is 0.677. The largest absolute Gasteiger partial charge is 0.476 e. The number of benzene rings is 1. The first-order valence-corrected chi connectivity index (χ1v) is 4.96. The van der Waals surface area contributed by atoms with Crippen LogP contribution in [0.3, 0.4) is 0 Å². The zero-order valence-electron chi connectivity index (χ0n) is 8.32. The minimum atomic E-state index is -1.11. The lowest BCUT2D eigenvalue weighted by Crippen LogP contribution is -2.16. The molecule has 0 aliphatic heterocycles. The summed E-state index contributed by atoms with van der Waals surface area (Å²) < 4.78 is 0.894. The molecule has 1 aromatic rings. The van der Waals surface area contributed by atoms with Crippen molar-refractivity contribution < 1.29 is 14.7 Å². The van der Waals surface area contributed by atoms with E-state index >= 15 is 0 Å². The monoisotopic (exact) mass is 271 g/mol. The number of carbonyl (C=O) groups is 1. The van der Waals surface area contributed by atoms with E-state index in [-0.39, 0.29) is 5.71 Å². The van der Waals surface area contributed by atoms with Crippen molar-refractivity contribution in [1.29, 1.82) is 0 Å². The zero-order valence-corrected chi connectivity index (χ0v) is 9.91. The number of hydrogen-bond acceptors (Lipinski definition) is 3. The molecule has 1 rings (SSSR count). The van der Waals surface area contributed by atoms with Crippen molar-refractivity contribution in [2.24, 2.45) is 5.16 Å². The van der Waals surface area contributed by atoms with Gasteiger partial charge in [0.2, 0.25) is 0 Å². The van der Waals surface area contributed by atoms with Gasteiger partial charge in [0.25, 0.3) is 0 Å². The highest BCUT2D eigenvalue weighted by Gasteiger charge is 2.15. The number of oxime groups is 1. The van der Waals surface area contributed by atoms with Crippen molar-refractivity contribution in [3.05, 3.63) is 33.8 Å². The number of hydrogen-bond donors (Lipinski definition) is 1. The second-order valence-corrected chi connectivity index (χ2v) is 3.80. The van der Waals surface area contributed by atoms with Crippen LogP contribution in [0.5, 0.6) is 0 Å². The van der Waals surface area contributed by atoms with Gasteiger partial charge >= 0.3 is 5.97 Å². The van der Waals surface area contributed by atoms with Crippen LogP contribution in [0.15, 0.2) is 27.8 Å². The van der Waals surface area contributed by atoms with Crippen LogP contribution in [0.1, 0.15) is 11.1 Å². The molecule has 0 fully saturated rings. The fraction of sp³-hybridized carbons (Fsp3) is 0.200. The molecule has 0 unspecified atom stereocenters. The molecule has 0 spiro atoms. The van der Waals surface area contributed by atoms with E-state index in [1.54, 1.807) is 12.1 Å². The summed E-state index contributed by atoms with van der Waals surface area (Å²) in [4.78, 5) is 15.4. The summed E-state index contributed by atoms with van der Waals surface area (Å²) in [7, 11) is 1.32. The Kier molecular flexibility index (Phi) is 3.85. The molecule has 1 aromatic carbocycles. The first-order chi connectivity index (χ1) is 7.06. The molecular weight excluding hydrogens is 262 g/mol. The molecule has 0 aromatic heterocycles. The highest BCUT2D eigenvalue weighted by Crippen LogP contribution is 2.16. The van der Waals surface area contributed by atoms with E-state index in [4.69, 9.17) is 5.11 Å². The van der Waals surface area contributed by atoms with Crippen LogP contribution in [0.25, 0.3) is 0 Å². The molecule has 0 aliphatic carbocycles. The molecule has 0 radical (unpaired) electrons. The first-order valence-electron chi connectivity index (χ1n) is 4.17. The minimum Gasteiger partial charge on any atom is -0.476 e. The van der Waals surface area contributed by atoms with Crippen molar-refractivity contribution in [1.82, 2.24) is 0 Å². The number of carboxylic acid groups (broad SMARTS) is 1. The highest BCUT2D eigenvalue weighted by atomic mass is 79.9. The average molecular weight is 272 g/mol. The van der Waals surface area contributed by atoms with Gasteiger partial charge in [0.05, 0.1) is 0 Å². The maximum atomic E-state index is 10.9. The highest BCUT2D eigenvalue weighted by molar-refractivity contribution is 9.10. The van der Waals surface area contributed by atoms with Crippen molar-refractivity contribution >= 4 is 27.6 Å². The van der Waals surface area contributed by atoms with Crippen molar-refractivity contribution in [2.45, 2.75) is 6.92 Å². The zero-order chi connectivity index (χ0) is 11.4. The lowest BCUT2D eigenvalue weighted by Gasteiger charge is -2.05. The Hall–Kier alpha value is -1.36. The smallest absolute Gasteiger partial charge is 0.358 e. The molecule has 0 amide bonds. The van der Waals surface area contributed by atoms with Crippen LogP contribution in [0, 0.1) is 6.92 Å². The number of carboxylic acids is 1. The fourth-order valence-electron chi connectivity index (χ4n) is 1.19. The molecule has 0 heterocycles. The Morgan fingerprint density at radius 1 is 1.53 bits per heavy atom. The van der Waals surface area contributed by atoms with Crippen LogP contribution >= 0.6 is 15.9 Å². The topological polar surface area (TPSA) is 58.9 Å². The molecule has 0 saturated carbocycles. The average Bonchev–Trinajstić information content (AvgIpc) is 2.15. The van der Waals surface area contributed by atoms with E-state index < -0.39 is 5.97 Å². The summed E-state index contributed by atoms with van der Waals surface area (Å²) in [6.07, 6.45) is 0. The molecule has 80 valence electrons. The molecule has 0 bridgehead atoms. The van der Waals surface area contributed by atoms with Gasteiger partial charge in [-0.3, -0.25) is 0 Å². The van der Waals surface area contributed by atoms with Gasteiger partial charge in [-0.1, -0.05) is 27.2 Å². The Morgan fingerprint density at radius 2 is 2.20 bits per heavy atom. The predicted octanol–water partition coefficient (Wildman–Crippen LogP) is 2.19. The maximum absolute atomic E-state index is 10.9. The van der Waals surface area contributed by atoms with Crippen LogP contribution in [0.2, 0.25) is 0 Å². The Balaban J connectivity index is 3.24. The van der Waals surface area contributed by atoms with Gasteiger partial charge in [0.1, 0.15) is 7.11 Å². The number of rotatable bonds is 3. The first kappa shape index (κ1) is 11.7. The summed E-state index contributed by atoms with van der Waals surface area (Å²) in [6, 6.07) is 5.27. The van der Waals surface area contributed by atoms with E-state index in [0.717, 1.165) is 10.0 Å². The third-order valence-electron chi connectivity index (χ3n) is 1.83. The molecule has 0 saturated heterocycles. The van der Waals surface area contributed by atoms with Crippen LogP contribution < -0.4 is 0 Å². The molecule has 4 nitrogen and oxygen atoms in total. The number of aryl methyl sites for hydroxylation is 1. The van der Waals surface area contributed by atoms with Crippen molar-refractivity contribution in [2.75, 3.05) is 7.11 Å². The van der Waals surface area contributed by atoms with Crippen LogP contribution in [-0.4, -0.2) is 23.9 Å². The van der Waals surface area contributed by atoms with Gasteiger partial charge in [-0.2, -0.15) is 0 Å². The molecule has 15 heavy (non-hydrogen) atoms. The predicted molar refractivity (Wildman–Crippen MR) is 60.1 cm³/mol. The van der Waals surface area contributed by atoms with Gasteiger partial charge in [-0.15, -0.1) is 0 Å². The van der Waals surface area contributed by atoms with Gasteiger partial charge in [0.15, 0.2) is 5.71 Å². The lowest BCUT2D eigenvalue weighted by atomic mass is 10.0. The van der Waals surface area contributed by atoms with E-state index in [2.05, 4.69) is 25.9 Å². The van der Waals surface area contributed by atoms with E-state index in [1.165, 1.54) is 7.11 Å². The SMILES string of the molecule is CON=C(C(=O)O)c1ccc(Br)cc1C. The van der Waals surface area contributed by atoms with Crippen LogP contribution in [0.4, 0.5) is 0 Å². The summed E-state index contributed by atoms with van der Waals surface area (Å²) >= 11 is 3.30. The second-order valence-electron chi connectivity index (χ2n) is 2.89. The molecule has 0 atom stereocenters. The molecule has 5 heteroatoms. The van der Waals surface area contributed by atoms with Crippen LogP contribution in [-0.2, 0) is 9.63 Å². The summed E-state index contributed by atoms with van der Waals surface area (Å²) in [5, 5.41) is 12.4. The number of nitrogens with zero attached hydrogens (tertiary/aromatic N) is 1. The third kappa shape index (κ3) is 2.79. The van der Waals surface area contributed by atoms with Gasteiger partial charge < -0.3 is 9.94 Å². The Morgan fingerprint density at radius 3 is 2.67 bits per heavy atom. The van der Waals surface area contributed by atoms with Crippen molar-refractivity contribution in [3.63, 3.8) is 0 Å². The Bertz CT molecular complexity index is 415. The van der Waals surface area contributed by atoms with Gasteiger partial charge in [-0.05, 0) is 24.6 Å². The Labute approximate surface area is 95.7 Å². The third-order valence-corrected chi connectivity index (χ3v) is 2.32.